The number of allylic oxidation sites excluding steroid dienone is 1. The van der Waals surface area contributed by atoms with Crippen LogP contribution in [0.5, 0.6) is 11.5 Å². The normalized spacial score (nSPS) is 14.2. The smallest absolute Gasteiger partial charge is 0.338 e. The molecule has 3 aromatic carbocycles. The maximum Gasteiger partial charge on any atom is 0.338 e. The van der Waals surface area contributed by atoms with Crippen LogP contribution in [0, 0.1) is 0 Å². The lowest BCUT2D eigenvalue weighted by Crippen LogP contribution is -2.29. The van der Waals surface area contributed by atoms with Crippen LogP contribution >= 0.6 is 39.3 Å². The molecule has 2 heterocycles. The number of esters is 1. The summed E-state index contributed by atoms with van der Waals surface area (Å²) in [6.07, 6.45) is 1.93. The molecule has 0 saturated carbocycles. The number of hydrogen-bond donors (Lipinski definition) is 1. The van der Waals surface area contributed by atoms with Crippen molar-refractivity contribution in [1.82, 2.24) is 14.8 Å². The second-order valence-corrected chi connectivity index (χ2v) is 12.3. The molecule has 1 aliphatic heterocycles. The summed E-state index contributed by atoms with van der Waals surface area (Å²) in [5.74, 6) is 1.87. The zero-order valence-electron chi connectivity index (χ0n) is 24.8. The van der Waals surface area contributed by atoms with Gasteiger partial charge in [0.1, 0.15) is 12.6 Å². The van der Waals surface area contributed by atoms with Crippen molar-refractivity contribution >= 4 is 51.2 Å². The average Bonchev–Trinajstić information content (AvgIpc) is 3.43. The van der Waals surface area contributed by atoms with Crippen molar-refractivity contribution in [2.24, 2.45) is 0 Å². The fraction of sp³-hybridized carbons (Fsp3) is 0.303. The Hall–Kier alpha value is -3.47. The Morgan fingerprint density at radius 1 is 1.09 bits per heavy atom. The van der Waals surface area contributed by atoms with E-state index >= 15 is 0 Å². The number of thioether (sulfide) groups is 1. The van der Waals surface area contributed by atoms with E-state index in [9.17, 15) is 4.79 Å². The second kappa shape index (κ2) is 15.0. The monoisotopic (exact) mass is 696 g/mol. The molecule has 0 amide bonds. The molecule has 1 aromatic heterocycles. The third-order valence-electron chi connectivity index (χ3n) is 6.97. The van der Waals surface area contributed by atoms with Crippen LogP contribution in [0.15, 0.2) is 87.6 Å². The number of carbonyl (C=O) groups is 1. The van der Waals surface area contributed by atoms with Gasteiger partial charge in [0.05, 0.1) is 23.3 Å². The number of benzene rings is 3. The molecule has 8 nitrogen and oxygen atoms in total. The number of carbonyl (C=O) groups excluding carboxylic acids is 1. The first-order valence-corrected chi connectivity index (χ1v) is 16.7. The lowest BCUT2D eigenvalue weighted by Gasteiger charge is -2.29. The Balaban J connectivity index is 1.53. The van der Waals surface area contributed by atoms with Crippen LogP contribution < -0.4 is 14.8 Å². The van der Waals surface area contributed by atoms with Crippen LogP contribution in [0.25, 0.3) is 0 Å². The van der Waals surface area contributed by atoms with E-state index in [2.05, 4.69) is 28.2 Å². The highest BCUT2D eigenvalue weighted by molar-refractivity contribution is 9.10. The van der Waals surface area contributed by atoms with Gasteiger partial charge in [-0.2, -0.15) is 4.98 Å². The standard InChI is InChI=1S/C33H34BrClN4O4S/c1-4-6-16-42-30-25(34)17-24(18-27(30)41-5-2)29-28(31(40)43-19-22-12-8-7-9-13-22)21(3)36-32-37-33(38-39(29)32)44-20-23-14-10-11-15-26(23)35/h7-15,17-18,29H,4-6,16,19-20H2,1-3H3,(H,36,37,38). The maximum absolute atomic E-state index is 13.8. The number of nitrogens with one attached hydrogen (secondary N) is 1. The molecule has 0 bridgehead atoms. The van der Waals surface area contributed by atoms with E-state index in [1.165, 1.54) is 11.8 Å². The fourth-order valence-electron chi connectivity index (χ4n) is 4.79. The largest absolute Gasteiger partial charge is 0.490 e. The van der Waals surface area contributed by atoms with Crippen molar-refractivity contribution in [2.45, 2.75) is 57.2 Å². The third-order valence-corrected chi connectivity index (χ3v) is 8.82. The van der Waals surface area contributed by atoms with Crippen LogP contribution in [0.3, 0.4) is 0 Å². The van der Waals surface area contributed by atoms with Crippen LogP contribution in [-0.4, -0.2) is 33.9 Å². The van der Waals surface area contributed by atoms with Gasteiger partial charge in [-0.05, 0) is 71.1 Å². The molecule has 0 saturated heterocycles. The number of fused-ring (bicyclic) bond motifs is 1. The van der Waals surface area contributed by atoms with Gasteiger partial charge in [-0.1, -0.05) is 85.2 Å². The van der Waals surface area contributed by atoms with E-state index in [-0.39, 0.29) is 6.61 Å². The number of unbranched alkanes of at least 4 members (excludes halogenated alkanes) is 1. The lowest BCUT2D eigenvalue weighted by atomic mass is 9.95. The first-order valence-electron chi connectivity index (χ1n) is 14.5. The molecule has 5 rings (SSSR count). The summed E-state index contributed by atoms with van der Waals surface area (Å²) >= 11 is 11.6. The Bertz CT molecular complexity index is 1650. The minimum atomic E-state index is -0.642. The number of aromatic nitrogens is 3. The van der Waals surface area contributed by atoms with Gasteiger partial charge >= 0.3 is 5.97 Å². The summed E-state index contributed by atoms with van der Waals surface area (Å²) in [6.45, 7) is 7.05. The van der Waals surface area contributed by atoms with Gasteiger partial charge in [-0.3, -0.25) is 0 Å². The van der Waals surface area contributed by atoms with Crippen molar-refractivity contribution in [2.75, 3.05) is 18.5 Å². The molecule has 1 aliphatic rings. The number of ether oxygens (including phenoxy) is 3. The number of anilines is 1. The zero-order valence-corrected chi connectivity index (χ0v) is 28.0. The van der Waals surface area contributed by atoms with Gasteiger partial charge in [0, 0.05) is 16.5 Å². The highest BCUT2D eigenvalue weighted by Crippen LogP contribution is 2.43. The van der Waals surface area contributed by atoms with Gasteiger partial charge in [-0.15, -0.1) is 5.10 Å². The van der Waals surface area contributed by atoms with Crippen LogP contribution in [-0.2, 0) is 21.9 Å². The third kappa shape index (κ3) is 7.42. The van der Waals surface area contributed by atoms with Gasteiger partial charge in [0.2, 0.25) is 11.1 Å². The number of hydrogen-bond acceptors (Lipinski definition) is 8. The number of nitrogens with zero attached hydrogens (tertiary/aromatic N) is 3. The summed E-state index contributed by atoms with van der Waals surface area (Å²) < 4.78 is 20.4. The Kier molecular flexibility index (Phi) is 10.9. The van der Waals surface area contributed by atoms with Gasteiger partial charge in [0.25, 0.3) is 0 Å². The fourth-order valence-corrected chi connectivity index (χ4v) is 6.48. The Labute approximate surface area is 275 Å². The molecule has 4 aromatic rings. The summed E-state index contributed by atoms with van der Waals surface area (Å²) in [6, 6.07) is 20.5. The van der Waals surface area contributed by atoms with E-state index < -0.39 is 12.0 Å². The molecule has 1 unspecified atom stereocenters. The molecule has 0 spiro atoms. The summed E-state index contributed by atoms with van der Waals surface area (Å²) in [5.41, 5.74) is 3.71. The second-order valence-electron chi connectivity index (χ2n) is 10.1. The quantitative estimate of drug-likeness (QED) is 0.0845. The van der Waals surface area contributed by atoms with Crippen molar-refractivity contribution in [1.29, 1.82) is 0 Å². The summed E-state index contributed by atoms with van der Waals surface area (Å²) in [7, 11) is 0. The van der Waals surface area contributed by atoms with E-state index in [1.54, 1.807) is 4.68 Å². The van der Waals surface area contributed by atoms with E-state index in [0.717, 1.165) is 34.0 Å². The van der Waals surface area contributed by atoms with Crippen molar-refractivity contribution < 1.29 is 19.0 Å². The van der Waals surface area contributed by atoms with Crippen LogP contribution in [0.1, 0.15) is 56.3 Å². The van der Waals surface area contributed by atoms with Gasteiger partial charge < -0.3 is 19.5 Å². The Morgan fingerprint density at radius 3 is 2.61 bits per heavy atom. The minimum absolute atomic E-state index is 0.143. The van der Waals surface area contributed by atoms with Crippen LogP contribution in [0.4, 0.5) is 5.95 Å². The van der Waals surface area contributed by atoms with E-state index in [0.29, 0.717) is 57.9 Å². The minimum Gasteiger partial charge on any atom is -0.490 e. The first kappa shape index (κ1) is 31.9. The molecular formula is C33H34BrClN4O4S. The topological polar surface area (TPSA) is 87.5 Å². The predicted octanol–water partition coefficient (Wildman–Crippen LogP) is 8.60. The first-order chi connectivity index (χ1) is 21.4. The van der Waals surface area contributed by atoms with Gasteiger partial charge in [0.15, 0.2) is 11.5 Å². The highest BCUT2D eigenvalue weighted by atomic mass is 79.9. The van der Waals surface area contributed by atoms with Crippen LogP contribution in [0.2, 0.25) is 5.02 Å². The zero-order chi connectivity index (χ0) is 31.1. The van der Waals surface area contributed by atoms with Gasteiger partial charge in [-0.25, -0.2) is 9.48 Å². The van der Waals surface area contributed by atoms with Crippen molar-refractivity contribution in [3.8, 4) is 11.5 Å². The summed E-state index contributed by atoms with van der Waals surface area (Å²) in [4.78, 5) is 18.6. The maximum atomic E-state index is 13.8. The molecule has 11 heteroatoms. The molecule has 0 fully saturated rings. The number of rotatable bonds is 13. The molecular weight excluding hydrogens is 664 g/mol. The molecule has 1 atom stereocenters. The molecule has 0 aliphatic carbocycles. The molecule has 44 heavy (non-hydrogen) atoms. The van der Waals surface area contributed by atoms with Crippen molar-refractivity contribution in [3.63, 3.8) is 0 Å². The van der Waals surface area contributed by atoms with E-state index in [4.69, 9.17) is 35.9 Å². The average molecular weight is 698 g/mol. The highest BCUT2D eigenvalue weighted by Gasteiger charge is 2.36. The number of halogens is 2. The SMILES string of the molecule is CCCCOc1c(Br)cc(C2C(C(=O)OCc3ccccc3)=C(C)Nc3nc(SCc4ccccc4Cl)nn32)cc1OCC. The Morgan fingerprint density at radius 2 is 1.86 bits per heavy atom. The molecule has 1 N–H and O–H groups in total. The predicted molar refractivity (Wildman–Crippen MR) is 177 cm³/mol. The molecule has 0 radical (unpaired) electrons. The summed E-state index contributed by atoms with van der Waals surface area (Å²) in [5, 5.41) is 9.38. The lowest BCUT2D eigenvalue weighted by molar-refractivity contribution is -0.140. The molecule has 230 valence electrons. The van der Waals surface area contributed by atoms with Crippen molar-refractivity contribution in [3.05, 3.63) is 104 Å². The van der Waals surface area contributed by atoms with E-state index in [1.807, 2.05) is 80.6 Å².